The Morgan fingerprint density at radius 1 is 1.18 bits per heavy atom. The molecule has 1 aliphatic carbocycles. The second-order valence-corrected chi connectivity index (χ2v) is 10.2. The molecule has 0 atom stereocenters. The van der Waals surface area contributed by atoms with Gasteiger partial charge in [0.1, 0.15) is 0 Å². The van der Waals surface area contributed by atoms with E-state index in [0.717, 1.165) is 45.3 Å². The van der Waals surface area contributed by atoms with E-state index in [9.17, 15) is 13.2 Å². The first kappa shape index (κ1) is 21.6. The summed E-state index contributed by atoms with van der Waals surface area (Å²) in [5.74, 6) is -0.283. The van der Waals surface area contributed by atoms with Crippen molar-refractivity contribution in [3.05, 3.63) is 28.8 Å². The maximum atomic E-state index is 13.0. The molecule has 1 aliphatic heterocycles. The van der Waals surface area contributed by atoms with Gasteiger partial charge in [-0.1, -0.05) is 37.3 Å². The van der Waals surface area contributed by atoms with Crippen LogP contribution in [0.2, 0.25) is 5.02 Å². The van der Waals surface area contributed by atoms with E-state index >= 15 is 0 Å². The quantitative estimate of drug-likeness (QED) is 0.701. The van der Waals surface area contributed by atoms with Crippen LogP contribution in [0, 0.1) is 0 Å². The van der Waals surface area contributed by atoms with Gasteiger partial charge in [-0.15, -0.1) is 0 Å². The van der Waals surface area contributed by atoms with Crippen LogP contribution in [0.4, 0.5) is 0 Å². The molecule has 8 heteroatoms. The van der Waals surface area contributed by atoms with Gasteiger partial charge in [-0.3, -0.25) is 4.79 Å². The average molecular weight is 429 g/mol. The zero-order valence-corrected chi connectivity index (χ0v) is 18.1. The summed E-state index contributed by atoms with van der Waals surface area (Å²) in [5, 5.41) is 3.34. The second-order valence-electron chi connectivity index (χ2n) is 7.81. The topological polar surface area (TPSA) is 70.9 Å². The Kier molecular flexibility index (Phi) is 7.36. The molecule has 3 rings (SSSR count). The lowest BCUT2D eigenvalue weighted by Crippen LogP contribution is -3.14. The molecule has 0 spiro atoms. The molecule has 156 valence electrons. The van der Waals surface area contributed by atoms with Crippen molar-refractivity contribution in [3.8, 4) is 0 Å². The second kappa shape index (κ2) is 9.57. The number of halogens is 1. The lowest BCUT2D eigenvalue weighted by Gasteiger charge is -2.31. The number of benzene rings is 1. The number of nitrogens with zero attached hydrogens (tertiary/aromatic N) is 1. The monoisotopic (exact) mass is 428 g/mol. The molecule has 1 saturated heterocycles. The van der Waals surface area contributed by atoms with Gasteiger partial charge < -0.3 is 10.2 Å². The fourth-order valence-electron chi connectivity index (χ4n) is 4.07. The smallest absolute Gasteiger partial charge is 0.253 e. The van der Waals surface area contributed by atoms with Crippen LogP contribution in [0.15, 0.2) is 23.1 Å². The van der Waals surface area contributed by atoms with E-state index in [1.54, 1.807) is 0 Å². The predicted octanol–water partition coefficient (Wildman–Crippen LogP) is 1.70. The molecule has 2 N–H and O–H groups in total. The van der Waals surface area contributed by atoms with Crippen molar-refractivity contribution in [1.29, 1.82) is 0 Å². The van der Waals surface area contributed by atoms with Gasteiger partial charge >= 0.3 is 0 Å². The number of rotatable bonds is 5. The van der Waals surface area contributed by atoms with Gasteiger partial charge in [0.05, 0.1) is 48.2 Å². The Hall–Kier alpha value is -1.15. The van der Waals surface area contributed by atoms with Crippen molar-refractivity contribution in [3.63, 3.8) is 0 Å². The normalized spacial score (nSPS) is 20.6. The molecule has 6 nitrogen and oxygen atoms in total. The zero-order chi connectivity index (χ0) is 20.1. The van der Waals surface area contributed by atoms with Crippen molar-refractivity contribution in [2.75, 3.05) is 32.7 Å². The molecule has 1 saturated carbocycles. The molecule has 0 unspecified atom stereocenters. The highest BCUT2D eigenvalue weighted by molar-refractivity contribution is 7.89. The first-order chi connectivity index (χ1) is 13.4. The van der Waals surface area contributed by atoms with E-state index in [4.69, 9.17) is 11.6 Å². The molecular weight excluding hydrogens is 398 g/mol. The third kappa shape index (κ3) is 5.06. The highest BCUT2D eigenvalue weighted by Gasteiger charge is 2.31. The number of sulfonamides is 1. The fourth-order valence-corrected chi connectivity index (χ4v) is 5.74. The van der Waals surface area contributed by atoms with Crippen LogP contribution in [0.5, 0.6) is 0 Å². The summed E-state index contributed by atoms with van der Waals surface area (Å²) in [5.41, 5.74) is 0.241. The number of amides is 1. The van der Waals surface area contributed by atoms with Crippen molar-refractivity contribution in [1.82, 2.24) is 9.62 Å². The number of quaternary nitrogens is 1. The van der Waals surface area contributed by atoms with Crippen LogP contribution < -0.4 is 10.2 Å². The molecule has 1 aromatic rings. The average Bonchev–Trinajstić information content (AvgIpc) is 2.96. The Labute approximate surface area is 173 Å². The van der Waals surface area contributed by atoms with E-state index < -0.39 is 10.0 Å². The first-order valence-corrected chi connectivity index (χ1v) is 12.2. The summed E-state index contributed by atoms with van der Waals surface area (Å²) in [6, 6.07) is 4.59. The summed E-state index contributed by atoms with van der Waals surface area (Å²) in [7, 11) is -3.62. The molecule has 1 aromatic carbocycles. The summed E-state index contributed by atoms with van der Waals surface area (Å²) in [6.07, 6.45) is 6.55. The van der Waals surface area contributed by atoms with E-state index in [-0.39, 0.29) is 27.4 Å². The molecule has 2 fully saturated rings. The van der Waals surface area contributed by atoms with Crippen molar-refractivity contribution >= 4 is 27.5 Å². The van der Waals surface area contributed by atoms with E-state index in [1.165, 1.54) is 40.2 Å². The van der Waals surface area contributed by atoms with Crippen molar-refractivity contribution in [2.45, 2.75) is 56.4 Å². The minimum Gasteiger partial charge on any atom is -0.349 e. The van der Waals surface area contributed by atoms with Gasteiger partial charge in [0.2, 0.25) is 10.0 Å². The minimum atomic E-state index is -3.62. The molecule has 1 heterocycles. The molecule has 28 heavy (non-hydrogen) atoms. The van der Waals surface area contributed by atoms with E-state index in [0.29, 0.717) is 13.1 Å². The highest BCUT2D eigenvalue weighted by Crippen LogP contribution is 2.24. The van der Waals surface area contributed by atoms with Gasteiger partial charge in [0.15, 0.2) is 0 Å². The zero-order valence-electron chi connectivity index (χ0n) is 16.5. The Balaban J connectivity index is 1.75. The first-order valence-electron chi connectivity index (χ1n) is 10.4. The number of carbonyl (C=O) groups excluding carboxylic acids is 1. The summed E-state index contributed by atoms with van der Waals surface area (Å²) in [4.78, 5) is 14.3. The Bertz CT molecular complexity index is 784. The van der Waals surface area contributed by atoms with Crippen LogP contribution >= 0.6 is 11.6 Å². The number of piperazine rings is 1. The number of carbonyl (C=O) groups is 1. The largest absolute Gasteiger partial charge is 0.349 e. The number of nitrogens with one attached hydrogen (secondary N) is 2. The third-order valence-electron chi connectivity index (χ3n) is 5.94. The molecule has 2 aliphatic rings. The highest BCUT2D eigenvalue weighted by atomic mass is 35.5. The van der Waals surface area contributed by atoms with Crippen LogP contribution in [-0.2, 0) is 10.0 Å². The summed E-state index contributed by atoms with van der Waals surface area (Å²) < 4.78 is 27.6. The molecule has 1 amide bonds. The maximum Gasteiger partial charge on any atom is 0.253 e. The van der Waals surface area contributed by atoms with Gasteiger partial charge in [-0.25, -0.2) is 8.42 Å². The van der Waals surface area contributed by atoms with E-state index in [1.807, 2.05) is 0 Å². The van der Waals surface area contributed by atoms with Gasteiger partial charge in [0, 0.05) is 6.04 Å². The summed E-state index contributed by atoms with van der Waals surface area (Å²) in [6.45, 7) is 5.71. The molecule has 0 radical (unpaired) electrons. The number of hydrogen-bond acceptors (Lipinski definition) is 3. The van der Waals surface area contributed by atoms with Crippen LogP contribution in [-0.4, -0.2) is 57.4 Å². The molecule has 0 bridgehead atoms. The summed E-state index contributed by atoms with van der Waals surface area (Å²) >= 11 is 6.24. The van der Waals surface area contributed by atoms with Gasteiger partial charge in [-0.2, -0.15) is 4.31 Å². The van der Waals surface area contributed by atoms with Crippen LogP contribution in [0.25, 0.3) is 0 Å². The van der Waals surface area contributed by atoms with Crippen LogP contribution in [0.1, 0.15) is 55.8 Å². The maximum absolute atomic E-state index is 13.0. The van der Waals surface area contributed by atoms with Gasteiger partial charge in [-0.05, 0) is 38.0 Å². The number of likely N-dealkylation sites (N-methyl/N-ethyl adjacent to an activating group) is 1. The van der Waals surface area contributed by atoms with Gasteiger partial charge in [0.25, 0.3) is 5.91 Å². The lowest BCUT2D eigenvalue weighted by atomic mass is 10.1. The Morgan fingerprint density at radius 2 is 1.82 bits per heavy atom. The third-order valence-corrected chi connectivity index (χ3v) is 8.16. The molecular formula is C20H31ClN3O3S+. The van der Waals surface area contributed by atoms with Crippen molar-refractivity contribution < 1.29 is 18.1 Å². The van der Waals surface area contributed by atoms with Crippen LogP contribution in [0.3, 0.4) is 0 Å². The predicted molar refractivity (Wildman–Crippen MR) is 110 cm³/mol. The lowest BCUT2D eigenvalue weighted by molar-refractivity contribution is -0.901. The van der Waals surface area contributed by atoms with Crippen molar-refractivity contribution in [2.24, 2.45) is 0 Å². The van der Waals surface area contributed by atoms with E-state index in [2.05, 4.69) is 12.2 Å². The minimum absolute atomic E-state index is 0.136. The Morgan fingerprint density at radius 3 is 2.43 bits per heavy atom. The molecule has 0 aromatic heterocycles. The number of hydrogen-bond donors (Lipinski definition) is 2. The standard InChI is InChI=1S/C20H30ClN3O3S/c1-2-23-11-13-24(14-12-23)28(26,27)17-9-10-19(21)18(15-17)20(25)22-16-7-5-3-4-6-8-16/h9-10,15-16H,2-8,11-14H2,1H3,(H,22,25)/p+1. The fraction of sp³-hybridized carbons (Fsp3) is 0.650. The SMILES string of the molecule is CC[NH+]1CCN(S(=O)(=O)c2ccc(Cl)c(C(=O)NC3CCCCCC3)c2)CC1.